The molecule has 0 radical (unpaired) electrons. The van der Waals surface area contributed by atoms with Gasteiger partial charge >= 0.3 is 0 Å². The lowest BCUT2D eigenvalue weighted by Gasteiger charge is -2.09. The van der Waals surface area contributed by atoms with Crippen LogP contribution in [-0.4, -0.2) is 39.9 Å². The predicted molar refractivity (Wildman–Crippen MR) is 101 cm³/mol. The van der Waals surface area contributed by atoms with Crippen molar-refractivity contribution in [2.75, 3.05) is 25.0 Å². The van der Waals surface area contributed by atoms with Gasteiger partial charge in [0.25, 0.3) is 5.91 Å². The maximum absolute atomic E-state index is 12.1. The number of nitrogens with one attached hydrogen (secondary N) is 3. The standard InChI is InChI=1S/C16H20N4O4S2/c17-7-9-19-26(23,24)13-4-1-3-12(11-13)20-15(21)6-8-18-16(22)14-5-2-10-25-14/h1-5,10-11,19H,6-9,17H2,(H,18,22)(H,20,21). The Balaban J connectivity index is 1.87. The summed E-state index contributed by atoms with van der Waals surface area (Å²) in [6.45, 7) is 0.494. The van der Waals surface area contributed by atoms with Gasteiger partial charge in [0.1, 0.15) is 0 Å². The van der Waals surface area contributed by atoms with E-state index in [1.807, 2.05) is 0 Å². The molecule has 0 saturated carbocycles. The summed E-state index contributed by atoms with van der Waals surface area (Å²) in [7, 11) is -3.67. The van der Waals surface area contributed by atoms with Gasteiger partial charge in [0, 0.05) is 31.7 Å². The molecule has 0 fully saturated rings. The number of carbonyl (C=O) groups is 2. The first-order valence-corrected chi connectivity index (χ1v) is 10.2. The molecular weight excluding hydrogens is 376 g/mol. The zero-order valence-electron chi connectivity index (χ0n) is 13.9. The molecule has 0 aliphatic rings. The Bertz CT molecular complexity index is 851. The second kappa shape index (κ2) is 9.43. The molecule has 0 atom stereocenters. The third-order valence-electron chi connectivity index (χ3n) is 3.25. The van der Waals surface area contributed by atoms with E-state index in [0.717, 1.165) is 0 Å². The molecule has 0 aliphatic heterocycles. The summed E-state index contributed by atoms with van der Waals surface area (Å²) in [6, 6.07) is 9.38. The summed E-state index contributed by atoms with van der Waals surface area (Å²) in [4.78, 5) is 24.4. The number of hydrogen-bond acceptors (Lipinski definition) is 6. The Morgan fingerprint density at radius 3 is 2.62 bits per heavy atom. The van der Waals surface area contributed by atoms with Crippen molar-refractivity contribution in [1.29, 1.82) is 0 Å². The van der Waals surface area contributed by atoms with Crippen LogP contribution in [0.3, 0.4) is 0 Å². The third-order valence-corrected chi connectivity index (χ3v) is 5.57. The zero-order valence-corrected chi connectivity index (χ0v) is 15.5. The third kappa shape index (κ3) is 5.92. The van der Waals surface area contributed by atoms with Crippen LogP contribution in [0.1, 0.15) is 16.1 Å². The molecule has 1 heterocycles. The van der Waals surface area contributed by atoms with Crippen molar-refractivity contribution in [3.8, 4) is 0 Å². The molecule has 0 aliphatic carbocycles. The van der Waals surface area contributed by atoms with Gasteiger partial charge in [0.15, 0.2) is 0 Å². The highest BCUT2D eigenvalue weighted by Crippen LogP contribution is 2.15. The average Bonchev–Trinajstić information content (AvgIpc) is 3.15. The Morgan fingerprint density at radius 2 is 1.92 bits per heavy atom. The molecule has 1 aromatic heterocycles. The Labute approximate surface area is 155 Å². The van der Waals surface area contributed by atoms with Gasteiger partial charge in [0.05, 0.1) is 9.77 Å². The van der Waals surface area contributed by atoms with E-state index in [0.29, 0.717) is 10.6 Å². The number of hydrogen-bond donors (Lipinski definition) is 4. The fourth-order valence-electron chi connectivity index (χ4n) is 2.03. The van der Waals surface area contributed by atoms with E-state index in [1.54, 1.807) is 23.6 Å². The number of nitrogens with two attached hydrogens (primary N) is 1. The van der Waals surface area contributed by atoms with Gasteiger partial charge in [-0.2, -0.15) is 0 Å². The molecule has 0 saturated heterocycles. The summed E-state index contributed by atoms with van der Waals surface area (Å²) in [5, 5.41) is 7.06. The molecule has 8 nitrogen and oxygen atoms in total. The van der Waals surface area contributed by atoms with E-state index in [9.17, 15) is 18.0 Å². The van der Waals surface area contributed by atoms with Crippen molar-refractivity contribution in [1.82, 2.24) is 10.0 Å². The Kier molecular flexibility index (Phi) is 7.27. The number of anilines is 1. The number of sulfonamides is 1. The molecule has 2 amide bonds. The Hall–Kier alpha value is -2.27. The van der Waals surface area contributed by atoms with Crippen LogP contribution in [0.25, 0.3) is 0 Å². The molecule has 2 rings (SSSR count). The van der Waals surface area contributed by atoms with Crippen LogP contribution < -0.4 is 21.1 Å². The van der Waals surface area contributed by atoms with Gasteiger partial charge in [-0.3, -0.25) is 9.59 Å². The molecule has 5 N–H and O–H groups in total. The molecule has 10 heteroatoms. The molecule has 140 valence electrons. The highest BCUT2D eigenvalue weighted by atomic mass is 32.2. The first kappa shape index (κ1) is 20.0. The van der Waals surface area contributed by atoms with Crippen molar-refractivity contribution >= 4 is 38.9 Å². The molecule has 1 aromatic carbocycles. The molecule has 0 bridgehead atoms. The van der Waals surface area contributed by atoms with E-state index in [-0.39, 0.29) is 42.8 Å². The topological polar surface area (TPSA) is 130 Å². The first-order valence-electron chi connectivity index (χ1n) is 7.84. The van der Waals surface area contributed by atoms with Crippen LogP contribution >= 0.6 is 11.3 Å². The summed E-state index contributed by atoms with van der Waals surface area (Å²) >= 11 is 1.32. The monoisotopic (exact) mass is 396 g/mol. The second-order valence-corrected chi connectivity index (χ2v) is 7.96. The molecule has 0 unspecified atom stereocenters. The van der Waals surface area contributed by atoms with Crippen LogP contribution in [0, 0.1) is 0 Å². The van der Waals surface area contributed by atoms with E-state index in [1.165, 1.54) is 29.5 Å². The van der Waals surface area contributed by atoms with Gasteiger partial charge in [0.2, 0.25) is 15.9 Å². The lowest BCUT2D eigenvalue weighted by atomic mass is 10.3. The number of benzene rings is 1. The average molecular weight is 396 g/mol. The molecular formula is C16H20N4O4S2. The van der Waals surface area contributed by atoms with Crippen LogP contribution in [0.15, 0.2) is 46.7 Å². The quantitative estimate of drug-likeness (QED) is 0.497. The van der Waals surface area contributed by atoms with Crippen molar-refractivity contribution in [2.45, 2.75) is 11.3 Å². The second-order valence-electron chi connectivity index (χ2n) is 5.25. The summed E-state index contributed by atoms with van der Waals surface area (Å²) < 4.78 is 26.5. The van der Waals surface area contributed by atoms with Crippen molar-refractivity contribution in [2.24, 2.45) is 5.73 Å². The van der Waals surface area contributed by atoms with Crippen LogP contribution in [0.5, 0.6) is 0 Å². The first-order chi connectivity index (χ1) is 12.4. The van der Waals surface area contributed by atoms with E-state index in [2.05, 4.69) is 15.4 Å². The van der Waals surface area contributed by atoms with E-state index < -0.39 is 10.0 Å². The molecule has 0 spiro atoms. The minimum atomic E-state index is -3.67. The van der Waals surface area contributed by atoms with Gasteiger partial charge in [-0.1, -0.05) is 12.1 Å². The number of rotatable bonds is 9. The lowest BCUT2D eigenvalue weighted by molar-refractivity contribution is -0.116. The van der Waals surface area contributed by atoms with Crippen molar-refractivity contribution < 1.29 is 18.0 Å². The van der Waals surface area contributed by atoms with E-state index in [4.69, 9.17) is 5.73 Å². The van der Waals surface area contributed by atoms with Gasteiger partial charge in [-0.25, -0.2) is 13.1 Å². The van der Waals surface area contributed by atoms with Crippen molar-refractivity contribution in [3.63, 3.8) is 0 Å². The molecule has 2 aromatic rings. The number of thiophene rings is 1. The SMILES string of the molecule is NCCNS(=O)(=O)c1cccc(NC(=O)CCNC(=O)c2cccs2)c1. The minimum Gasteiger partial charge on any atom is -0.351 e. The minimum absolute atomic E-state index is 0.0368. The van der Waals surface area contributed by atoms with Crippen LogP contribution in [0.2, 0.25) is 0 Å². The van der Waals surface area contributed by atoms with Gasteiger partial charge in [-0.05, 0) is 29.6 Å². The normalized spacial score (nSPS) is 11.1. The largest absolute Gasteiger partial charge is 0.351 e. The number of amides is 2. The van der Waals surface area contributed by atoms with Crippen LogP contribution in [0.4, 0.5) is 5.69 Å². The van der Waals surface area contributed by atoms with Gasteiger partial charge < -0.3 is 16.4 Å². The summed E-state index contributed by atoms with van der Waals surface area (Å²) in [5.41, 5.74) is 5.65. The maximum Gasteiger partial charge on any atom is 0.261 e. The molecule has 26 heavy (non-hydrogen) atoms. The summed E-state index contributed by atoms with van der Waals surface area (Å²) in [6.07, 6.45) is 0.0690. The Morgan fingerprint density at radius 1 is 1.12 bits per heavy atom. The zero-order chi connectivity index (χ0) is 19.0. The number of carbonyl (C=O) groups excluding carboxylic acids is 2. The fraction of sp³-hybridized carbons (Fsp3) is 0.250. The highest BCUT2D eigenvalue weighted by Gasteiger charge is 2.14. The van der Waals surface area contributed by atoms with Crippen molar-refractivity contribution in [3.05, 3.63) is 46.7 Å². The lowest BCUT2D eigenvalue weighted by Crippen LogP contribution is -2.29. The maximum atomic E-state index is 12.1. The smallest absolute Gasteiger partial charge is 0.261 e. The summed E-state index contributed by atoms with van der Waals surface area (Å²) in [5.74, 6) is -0.562. The van der Waals surface area contributed by atoms with Crippen LogP contribution in [-0.2, 0) is 14.8 Å². The predicted octanol–water partition coefficient (Wildman–Crippen LogP) is 0.744. The van der Waals surface area contributed by atoms with E-state index >= 15 is 0 Å². The van der Waals surface area contributed by atoms with Gasteiger partial charge in [-0.15, -0.1) is 11.3 Å². The fourth-order valence-corrected chi connectivity index (χ4v) is 3.76. The highest BCUT2D eigenvalue weighted by molar-refractivity contribution is 7.89.